The van der Waals surface area contributed by atoms with Gasteiger partial charge in [0.1, 0.15) is 5.69 Å². The van der Waals surface area contributed by atoms with Crippen molar-refractivity contribution in [3.8, 4) is 22.8 Å². The van der Waals surface area contributed by atoms with Gasteiger partial charge in [0.15, 0.2) is 11.5 Å². The zero-order valence-corrected chi connectivity index (χ0v) is 11.6. The molecule has 20 heavy (non-hydrogen) atoms. The number of aryl methyl sites for hydroxylation is 1. The molecule has 0 aliphatic heterocycles. The van der Waals surface area contributed by atoms with Crippen LogP contribution < -0.4 is 9.47 Å². The molecule has 106 valence electrons. The number of carboxylic acids is 1. The van der Waals surface area contributed by atoms with Gasteiger partial charge < -0.3 is 14.6 Å². The van der Waals surface area contributed by atoms with Gasteiger partial charge in [0.2, 0.25) is 0 Å². The summed E-state index contributed by atoms with van der Waals surface area (Å²) in [7, 11) is 3.10. The predicted molar refractivity (Wildman–Crippen MR) is 73.5 cm³/mol. The number of aromatic nitrogens is 2. The number of ether oxygens (including phenoxy) is 2. The maximum atomic E-state index is 11.0. The highest BCUT2D eigenvalue weighted by atomic mass is 16.5. The highest BCUT2D eigenvalue weighted by Gasteiger charge is 2.19. The van der Waals surface area contributed by atoms with Crippen LogP contribution in [0.4, 0.5) is 0 Å². The number of carbonyl (C=O) groups is 1. The van der Waals surface area contributed by atoms with Crippen molar-refractivity contribution < 1.29 is 19.4 Å². The van der Waals surface area contributed by atoms with Crippen LogP contribution in [-0.4, -0.2) is 35.5 Å². The number of H-pyrrole nitrogens is 1. The first-order valence-corrected chi connectivity index (χ1v) is 6.15. The Hall–Kier alpha value is -2.50. The lowest BCUT2D eigenvalue weighted by Gasteiger charge is -2.14. The first-order valence-electron chi connectivity index (χ1n) is 6.15. The third-order valence-electron chi connectivity index (χ3n) is 3.08. The molecule has 0 aliphatic carbocycles. The van der Waals surface area contributed by atoms with Crippen LogP contribution in [-0.2, 0) is 6.42 Å². The fourth-order valence-electron chi connectivity index (χ4n) is 2.10. The first kappa shape index (κ1) is 13.9. The minimum atomic E-state index is -1.05. The monoisotopic (exact) mass is 276 g/mol. The minimum absolute atomic E-state index is 0.0342. The molecular formula is C14H16N2O4. The summed E-state index contributed by atoms with van der Waals surface area (Å²) in [4.78, 5) is 11.0. The van der Waals surface area contributed by atoms with Crippen molar-refractivity contribution in [3.63, 3.8) is 0 Å². The van der Waals surface area contributed by atoms with E-state index >= 15 is 0 Å². The summed E-state index contributed by atoms with van der Waals surface area (Å²) in [6.07, 6.45) is 0.769. The third-order valence-corrected chi connectivity index (χ3v) is 3.08. The molecule has 6 nitrogen and oxygen atoms in total. The van der Waals surface area contributed by atoms with Crippen LogP contribution in [0.2, 0.25) is 0 Å². The second kappa shape index (κ2) is 5.64. The molecule has 0 radical (unpaired) electrons. The molecule has 6 heteroatoms. The molecule has 0 unspecified atom stereocenters. The fourth-order valence-corrected chi connectivity index (χ4v) is 2.10. The van der Waals surface area contributed by atoms with Crippen molar-refractivity contribution in [1.29, 1.82) is 0 Å². The number of methoxy groups -OCH3 is 2. The van der Waals surface area contributed by atoms with Crippen molar-refractivity contribution in [1.82, 2.24) is 10.2 Å². The molecule has 0 aliphatic rings. The molecular weight excluding hydrogens is 260 g/mol. The minimum Gasteiger partial charge on any atom is -0.493 e. The van der Waals surface area contributed by atoms with Crippen LogP contribution in [0, 0.1) is 0 Å². The zero-order chi connectivity index (χ0) is 14.7. The average molecular weight is 276 g/mol. The molecule has 0 fully saturated rings. The van der Waals surface area contributed by atoms with Gasteiger partial charge in [-0.05, 0) is 24.1 Å². The van der Waals surface area contributed by atoms with E-state index in [-0.39, 0.29) is 5.69 Å². The number of aromatic amines is 1. The lowest BCUT2D eigenvalue weighted by Crippen LogP contribution is -1.97. The summed E-state index contributed by atoms with van der Waals surface area (Å²) in [5, 5.41) is 15.5. The Morgan fingerprint density at radius 2 is 2.10 bits per heavy atom. The van der Waals surface area contributed by atoms with Crippen LogP contribution in [0.15, 0.2) is 18.2 Å². The quantitative estimate of drug-likeness (QED) is 0.875. The maximum absolute atomic E-state index is 11.0. The largest absolute Gasteiger partial charge is 0.493 e. The van der Waals surface area contributed by atoms with E-state index in [0.29, 0.717) is 17.2 Å². The van der Waals surface area contributed by atoms with E-state index in [2.05, 4.69) is 10.2 Å². The van der Waals surface area contributed by atoms with Crippen LogP contribution in [0.25, 0.3) is 11.3 Å². The molecule has 2 aromatic rings. The molecule has 1 aromatic heterocycles. The molecule has 0 saturated carbocycles. The van der Waals surface area contributed by atoms with Crippen molar-refractivity contribution in [3.05, 3.63) is 29.5 Å². The van der Waals surface area contributed by atoms with Crippen LogP contribution in [0.5, 0.6) is 11.5 Å². The number of benzene rings is 1. The maximum Gasteiger partial charge on any atom is 0.353 e. The van der Waals surface area contributed by atoms with Gasteiger partial charge in [-0.2, -0.15) is 5.10 Å². The van der Waals surface area contributed by atoms with Gasteiger partial charge >= 0.3 is 5.97 Å². The highest BCUT2D eigenvalue weighted by molar-refractivity contribution is 5.88. The standard InChI is InChI=1S/C14H16N2O4/c1-4-8-5-6-11(19-2)13(20-3)12(8)9-7-10(14(17)18)16-15-9/h5-7H,4H2,1-3H3,(H,15,16)(H,17,18). The molecule has 0 bridgehead atoms. The van der Waals surface area contributed by atoms with Gasteiger partial charge in [0.05, 0.1) is 25.5 Å². The number of aromatic carboxylic acids is 1. The Bertz CT molecular complexity index is 634. The van der Waals surface area contributed by atoms with Gasteiger partial charge in [0.25, 0.3) is 0 Å². The summed E-state index contributed by atoms with van der Waals surface area (Å²) in [5.41, 5.74) is 2.31. The topological polar surface area (TPSA) is 84.4 Å². The van der Waals surface area contributed by atoms with E-state index in [4.69, 9.17) is 14.6 Å². The molecule has 1 heterocycles. The Morgan fingerprint density at radius 3 is 2.60 bits per heavy atom. The SMILES string of the molecule is CCc1ccc(OC)c(OC)c1-c1cc(C(=O)O)[nH]n1. The lowest BCUT2D eigenvalue weighted by molar-refractivity contribution is 0.0690. The summed E-state index contributed by atoms with van der Waals surface area (Å²) >= 11 is 0. The highest BCUT2D eigenvalue weighted by Crippen LogP contribution is 2.40. The number of rotatable bonds is 5. The van der Waals surface area contributed by atoms with Crippen LogP contribution >= 0.6 is 0 Å². The average Bonchev–Trinajstić information content (AvgIpc) is 2.95. The lowest BCUT2D eigenvalue weighted by atomic mass is 10.0. The molecule has 1 aromatic carbocycles. The van der Waals surface area contributed by atoms with Crippen molar-refractivity contribution in [2.45, 2.75) is 13.3 Å². The van der Waals surface area contributed by atoms with E-state index in [0.717, 1.165) is 17.5 Å². The Morgan fingerprint density at radius 1 is 1.35 bits per heavy atom. The Balaban J connectivity index is 2.65. The smallest absolute Gasteiger partial charge is 0.353 e. The van der Waals surface area contributed by atoms with E-state index in [1.807, 2.05) is 19.1 Å². The first-order chi connectivity index (χ1) is 9.62. The Labute approximate surface area is 116 Å². The zero-order valence-electron chi connectivity index (χ0n) is 11.6. The second-order valence-corrected chi connectivity index (χ2v) is 4.16. The van der Waals surface area contributed by atoms with Gasteiger partial charge in [-0.15, -0.1) is 0 Å². The van der Waals surface area contributed by atoms with E-state index in [9.17, 15) is 4.79 Å². The molecule has 2 N–H and O–H groups in total. The van der Waals surface area contributed by atoms with Gasteiger partial charge in [-0.3, -0.25) is 5.10 Å². The third kappa shape index (κ3) is 2.32. The number of hydrogen-bond acceptors (Lipinski definition) is 4. The predicted octanol–water partition coefficient (Wildman–Crippen LogP) is 2.35. The van der Waals surface area contributed by atoms with E-state index < -0.39 is 5.97 Å². The molecule has 0 saturated heterocycles. The number of nitrogens with zero attached hydrogens (tertiary/aromatic N) is 1. The number of nitrogens with one attached hydrogen (secondary N) is 1. The Kier molecular flexibility index (Phi) is 3.93. The van der Waals surface area contributed by atoms with Crippen LogP contribution in [0.1, 0.15) is 23.0 Å². The fraction of sp³-hybridized carbons (Fsp3) is 0.286. The summed E-state index contributed by atoms with van der Waals surface area (Å²) in [6.45, 7) is 2.01. The van der Waals surface area contributed by atoms with Gasteiger partial charge in [0, 0.05) is 0 Å². The van der Waals surface area contributed by atoms with E-state index in [1.54, 1.807) is 14.2 Å². The summed E-state index contributed by atoms with van der Waals surface area (Å²) in [6, 6.07) is 5.23. The molecule has 0 atom stereocenters. The van der Waals surface area contributed by atoms with Crippen molar-refractivity contribution in [2.24, 2.45) is 0 Å². The second-order valence-electron chi connectivity index (χ2n) is 4.16. The van der Waals surface area contributed by atoms with Crippen molar-refractivity contribution >= 4 is 5.97 Å². The number of hydrogen-bond donors (Lipinski definition) is 2. The summed E-state index contributed by atoms with van der Waals surface area (Å²) in [5.74, 6) is 0.0820. The summed E-state index contributed by atoms with van der Waals surface area (Å²) < 4.78 is 10.7. The van der Waals surface area contributed by atoms with Gasteiger partial charge in [-0.1, -0.05) is 13.0 Å². The molecule has 2 rings (SSSR count). The molecule has 0 amide bonds. The van der Waals surface area contributed by atoms with Gasteiger partial charge in [-0.25, -0.2) is 4.79 Å². The normalized spacial score (nSPS) is 10.3. The number of carboxylic acid groups (broad SMARTS) is 1. The molecule has 0 spiro atoms. The van der Waals surface area contributed by atoms with Crippen LogP contribution in [0.3, 0.4) is 0 Å². The van der Waals surface area contributed by atoms with Crippen molar-refractivity contribution in [2.75, 3.05) is 14.2 Å². The van der Waals surface area contributed by atoms with E-state index in [1.165, 1.54) is 6.07 Å².